The zero-order valence-electron chi connectivity index (χ0n) is 15.2. The monoisotopic (exact) mass is 354 g/mol. The van der Waals surface area contributed by atoms with Gasteiger partial charge >= 0.3 is 0 Å². The molecule has 7 heteroatoms. The maximum atomic E-state index is 12.2. The SMILES string of the molecule is CCCCN(C)C(=NCCNS(=O)(=O)c1ccc(C)cc1)NCC. The topological polar surface area (TPSA) is 73.8 Å². The van der Waals surface area contributed by atoms with Crippen LogP contribution in [0.3, 0.4) is 0 Å². The molecule has 0 fully saturated rings. The molecule has 24 heavy (non-hydrogen) atoms. The minimum atomic E-state index is -3.47. The van der Waals surface area contributed by atoms with Gasteiger partial charge in [-0.15, -0.1) is 0 Å². The molecule has 0 unspecified atom stereocenters. The third-order valence-corrected chi connectivity index (χ3v) is 5.02. The Morgan fingerprint density at radius 3 is 2.46 bits per heavy atom. The average molecular weight is 355 g/mol. The van der Waals surface area contributed by atoms with Crippen LogP contribution in [0.15, 0.2) is 34.2 Å². The van der Waals surface area contributed by atoms with Gasteiger partial charge in [0, 0.05) is 26.7 Å². The van der Waals surface area contributed by atoms with Gasteiger partial charge in [0.2, 0.25) is 10.0 Å². The third-order valence-electron chi connectivity index (χ3n) is 3.54. The van der Waals surface area contributed by atoms with Crippen LogP contribution in [-0.2, 0) is 10.0 Å². The molecule has 0 amide bonds. The summed E-state index contributed by atoms with van der Waals surface area (Å²) >= 11 is 0. The van der Waals surface area contributed by atoms with Crippen molar-refractivity contribution < 1.29 is 8.42 Å². The lowest BCUT2D eigenvalue weighted by Crippen LogP contribution is -2.40. The molecule has 136 valence electrons. The van der Waals surface area contributed by atoms with E-state index < -0.39 is 10.0 Å². The second kappa shape index (κ2) is 10.3. The summed E-state index contributed by atoms with van der Waals surface area (Å²) in [7, 11) is -1.48. The molecule has 0 radical (unpaired) electrons. The van der Waals surface area contributed by atoms with E-state index in [9.17, 15) is 8.42 Å². The van der Waals surface area contributed by atoms with Crippen molar-refractivity contribution in [3.8, 4) is 0 Å². The van der Waals surface area contributed by atoms with E-state index >= 15 is 0 Å². The molecule has 0 atom stereocenters. The van der Waals surface area contributed by atoms with E-state index in [0.717, 1.165) is 37.5 Å². The predicted octanol–water partition coefficient (Wildman–Crippen LogP) is 1.97. The lowest BCUT2D eigenvalue weighted by molar-refractivity contribution is 0.465. The Hall–Kier alpha value is -1.60. The van der Waals surface area contributed by atoms with Gasteiger partial charge in [-0.25, -0.2) is 13.1 Å². The van der Waals surface area contributed by atoms with Crippen LogP contribution < -0.4 is 10.0 Å². The molecule has 0 aromatic heterocycles. The number of aryl methyl sites for hydroxylation is 1. The lowest BCUT2D eigenvalue weighted by Gasteiger charge is -2.21. The van der Waals surface area contributed by atoms with Crippen molar-refractivity contribution in [3.63, 3.8) is 0 Å². The first-order chi connectivity index (χ1) is 11.4. The van der Waals surface area contributed by atoms with Crippen LogP contribution in [0.5, 0.6) is 0 Å². The van der Waals surface area contributed by atoms with Crippen LogP contribution in [0.4, 0.5) is 0 Å². The number of sulfonamides is 1. The average Bonchev–Trinajstić information content (AvgIpc) is 2.55. The van der Waals surface area contributed by atoms with E-state index in [1.165, 1.54) is 0 Å². The molecule has 0 heterocycles. The summed E-state index contributed by atoms with van der Waals surface area (Å²) in [4.78, 5) is 6.83. The zero-order chi connectivity index (χ0) is 18.0. The highest BCUT2D eigenvalue weighted by molar-refractivity contribution is 7.89. The molecular weight excluding hydrogens is 324 g/mol. The standard InChI is InChI=1S/C17H30N4O2S/c1-5-7-14-21(4)17(18-6-2)19-12-13-20-24(22,23)16-10-8-15(3)9-11-16/h8-11,20H,5-7,12-14H2,1-4H3,(H,18,19). The number of benzene rings is 1. The Bertz CT molecular complexity index is 612. The van der Waals surface area contributed by atoms with Crippen LogP contribution in [0, 0.1) is 6.92 Å². The quantitative estimate of drug-likeness (QED) is 0.404. The molecule has 1 aromatic rings. The summed E-state index contributed by atoms with van der Waals surface area (Å²) in [5.41, 5.74) is 1.03. The van der Waals surface area contributed by atoms with E-state index in [1.807, 2.05) is 20.9 Å². The van der Waals surface area contributed by atoms with E-state index in [1.54, 1.807) is 24.3 Å². The van der Waals surface area contributed by atoms with Crippen molar-refractivity contribution in [2.75, 3.05) is 33.2 Å². The van der Waals surface area contributed by atoms with Crippen molar-refractivity contribution in [2.45, 2.75) is 38.5 Å². The van der Waals surface area contributed by atoms with Gasteiger partial charge in [0.1, 0.15) is 0 Å². The van der Waals surface area contributed by atoms with E-state index in [-0.39, 0.29) is 11.4 Å². The largest absolute Gasteiger partial charge is 0.357 e. The van der Waals surface area contributed by atoms with Gasteiger partial charge in [0.25, 0.3) is 0 Å². The zero-order valence-corrected chi connectivity index (χ0v) is 16.0. The fourth-order valence-electron chi connectivity index (χ4n) is 2.11. The van der Waals surface area contributed by atoms with E-state index in [2.05, 4.69) is 26.9 Å². The second-order valence-corrected chi connectivity index (χ2v) is 7.49. The van der Waals surface area contributed by atoms with Gasteiger partial charge in [-0.05, 0) is 32.4 Å². The van der Waals surface area contributed by atoms with Gasteiger partial charge in [-0.3, -0.25) is 4.99 Å². The summed E-state index contributed by atoms with van der Waals surface area (Å²) in [6.07, 6.45) is 2.22. The summed E-state index contributed by atoms with van der Waals surface area (Å²) < 4.78 is 27.0. The van der Waals surface area contributed by atoms with Crippen LogP contribution in [0.1, 0.15) is 32.3 Å². The summed E-state index contributed by atoms with van der Waals surface area (Å²) in [5, 5.41) is 3.23. The molecule has 2 N–H and O–H groups in total. The molecular formula is C17H30N4O2S. The Kier molecular flexibility index (Phi) is 8.78. The predicted molar refractivity (Wildman–Crippen MR) is 99.9 cm³/mol. The molecule has 6 nitrogen and oxygen atoms in total. The highest BCUT2D eigenvalue weighted by Gasteiger charge is 2.12. The Balaban J connectivity index is 2.58. The van der Waals surface area contributed by atoms with Crippen molar-refractivity contribution in [1.29, 1.82) is 0 Å². The number of hydrogen-bond acceptors (Lipinski definition) is 3. The molecule has 0 saturated heterocycles. The Labute approximate surface area is 146 Å². The van der Waals surface area contributed by atoms with Crippen LogP contribution in [-0.4, -0.2) is 52.5 Å². The molecule has 0 aliphatic carbocycles. The van der Waals surface area contributed by atoms with Gasteiger partial charge in [-0.2, -0.15) is 0 Å². The van der Waals surface area contributed by atoms with Gasteiger partial charge in [0.05, 0.1) is 11.4 Å². The van der Waals surface area contributed by atoms with Gasteiger partial charge < -0.3 is 10.2 Å². The fraction of sp³-hybridized carbons (Fsp3) is 0.588. The number of nitrogens with zero attached hydrogens (tertiary/aromatic N) is 2. The number of nitrogens with one attached hydrogen (secondary N) is 2. The lowest BCUT2D eigenvalue weighted by atomic mass is 10.2. The third kappa shape index (κ3) is 6.88. The summed E-state index contributed by atoms with van der Waals surface area (Å²) in [5.74, 6) is 0.806. The highest BCUT2D eigenvalue weighted by atomic mass is 32.2. The number of guanidine groups is 1. The van der Waals surface area contributed by atoms with E-state index in [0.29, 0.717) is 6.54 Å². The summed E-state index contributed by atoms with van der Waals surface area (Å²) in [6, 6.07) is 6.81. The smallest absolute Gasteiger partial charge is 0.240 e. The number of hydrogen-bond donors (Lipinski definition) is 2. The fourth-order valence-corrected chi connectivity index (χ4v) is 3.13. The molecule has 0 aliphatic rings. The molecule has 0 bridgehead atoms. The first kappa shape index (κ1) is 20.4. The Morgan fingerprint density at radius 1 is 1.21 bits per heavy atom. The normalized spacial score (nSPS) is 12.2. The summed E-state index contributed by atoms with van der Waals surface area (Å²) in [6.45, 7) is 8.47. The minimum Gasteiger partial charge on any atom is -0.357 e. The molecule has 0 saturated carbocycles. The van der Waals surface area contributed by atoms with Crippen LogP contribution in [0.2, 0.25) is 0 Å². The second-order valence-electron chi connectivity index (χ2n) is 5.72. The first-order valence-corrected chi connectivity index (χ1v) is 9.94. The van der Waals surface area contributed by atoms with Crippen molar-refractivity contribution in [2.24, 2.45) is 4.99 Å². The van der Waals surface area contributed by atoms with Crippen molar-refractivity contribution >= 4 is 16.0 Å². The van der Waals surface area contributed by atoms with Gasteiger partial charge in [-0.1, -0.05) is 31.0 Å². The van der Waals surface area contributed by atoms with Crippen molar-refractivity contribution in [1.82, 2.24) is 14.9 Å². The van der Waals surface area contributed by atoms with Gasteiger partial charge in [0.15, 0.2) is 5.96 Å². The maximum absolute atomic E-state index is 12.2. The maximum Gasteiger partial charge on any atom is 0.240 e. The number of rotatable bonds is 9. The van der Waals surface area contributed by atoms with Crippen LogP contribution in [0.25, 0.3) is 0 Å². The molecule has 1 aromatic carbocycles. The Morgan fingerprint density at radius 2 is 1.88 bits per heavy atom. The van der Waals surface area contributed by atoms with E-state index in [4.69, 9.17) is 0 Å². The highest BCUT2D eigenvalue weighted by Crippen LogP contribution is 2.09. The number of aliphatic imine (C=N–C) groups is 1. The molecule has 0 aliphatic heterocycles. The minimum absolute atomic E-state index is 0.271. The molecule has 1 rings (SSSR count). The van der Waals surface area contributed by atoms with Crippen LogP contribution >= 0.6 is 0 Å². The first-order valence-electron chi connectivity index (χ1n) is 8.46. The number of unbranched alkanes of at least 4 members (excludes halogenated alkanes) is 1. The molecule has 0 spiro atoms. The van der Waals surface area contributed by atoms with Crippen molar-refractivity contribution in [3.05, 3.63) is 29.8 Å².